The summed E-state index contributed by atoms with van der Waals surface area (Å²) in [6.07, 6.45) is 2.09. The van der Waals surface area contributed by atoms with Crippen LogP contribution in [0.15, 0.2) is 0 Å². The van der Waals surface area contributed by atoms with Gasteiger partial charge in [0, 0.05) is 19.0 Å². The van der Waals surface area contributed by atoms with Crippen LogP contribution in [-0.2, 0) is 19.0 Å². The van der Waals surface area contributed by atoms with Gasteiger partial charge in [-0.25, -0.2) is 9.59 Å². The molecule has 9 nitrogen and oxygen atoms in total. The standard InChI is InChI=1S/C24H42N2O7/c1-22(2,3)32-20(29)25(17-11-9-16(10-12-17)13-19(27)28)14-18-15-31-24(7,8)26(18)21(30)33-23(4,5)6/h16-18H,9-15H2,1-8H3,(H,27,28)/t16?,17?,18-/m0/s1. The Morgan fingerprint density at radius 2 is 1.55 bits per heavy atom. The van der Waals surface area contributed by atoms with Gasteiger partial charge in [-0.3, -0.25) is 9.69 Å². The molecule has 0 aromatic rings. The van der Waals surface area contributed by atoms with Crippen LogP contribution in [0.1, 0.15) is 87.5 Å². The molecule has 2 aliphatic rings. The minimum atomic E-state index is -0.869. The fourth-order valence-corrected chi connectivity index (χ4v) is 4.53. The third-order valence-electron chi connectivity index (χ3n) is 5.92. The highest BCUT2D eigenvalue weighted by Gasteiger charge is 2.47. The Balaban J connectivity index is 2.21. The van der Waals surface area contributed by atoms with E-state index in [4.69, 9.17) is 19.3 Å². The van der Waals surface area contributed by atoms with Crippen molar-refractivity contribution in [3.8, 4) is 0 Å². The molecule has 0 aromatic carbocycles. The summed E-state index contributed by atoms with van der Waals surface area (Å²) in [6, 6.07) is -0.479. The lowest BCUT2D eigenvalue weighted by atomic mass is 9.83. The van der Waals surface area contributed by atoms with Crippen molar-refractivity contribution in [1.29, 1.82) is 0 Å². The number of aliphatic carboxylic acids is 1. The van der Waals surface area contributed by atoms with E-state index >= 15 is 0 Å². The van der Waals surface area contributed by atoms with Crippen molar-refractivity contribution in [2.75, 3.05) is 13.2 Å². The molecule has 1 N–H and O–H groups in total. The van der Waals surface area contributed by atoms with Crippen LogP contribution in [0.4, 0.5) is 9.59 Å². The van der Waals surface area contributed by atoms with E-state index in [1.807, 2.05) is 55.4 Å². The van der Waals surface area contributed by atoms with Crippen molar-refractivity contribution < 1.29 is 33.7 Å². The molecule has 0 aromatic heterocycles. The monoisotopic (exact) mass is 470 g/mol. The Labute approximate surface area is 197 Å². The van der Waals surface area contributed by atoms with Gasteiger partial charge in [0.25, 0.3) is 0 Å². The van der Waals surface area contributed by atoms with E-state index in [0.717, 1.165) is 12.8 Å². The molecule has 2 amide bonds. The summed E-state index contributed by atoms with van der Waals surface area (Å²) in [7, 11) is 0. The quantitative estimate of drug-likeness (QED) is 0.624. The molecule has 0 spiro atoms. The smallest absolute Gasteiger partial charge is 0.412 e. The molecule has 190 valence electrons. The molecule has 2 rings (SSSR count). The third-order valence-corrected chi connectivity index (χ3v) is 5.92. The molecule has 1 aliphatic heterocycles. The molecular weight excluding hydrogens is 428 g/mol. The SMILES string of the molecule is CC(C)(C)OC(=O)N(C[C@H]1COC(C)(C)N1C(=O)OC(C)(C)C)C1CCC(CC(=O)O)CC1. The van der Waals surface area contributed by atoms with Crippen LogP contribution in [-0.4, -0.2) is 75.2 Å². The van der Waals surface area contributed by atoms with Crippen molar-refractivity contribution in [3.05, 3.63) is 0 Å². The fraction of sp³-hybridized carbons (Fsp3) is 0.875. The number of carbonyl (C=O) groups is 3. The van der Waals surface area contributed by atoms with Gasteiger partial charge in [-0.1, -0.05) is 0 Å². The summed E-state index contributed by atoms with van der Waals surface area (Å²) in [5.41, 5.74) is -2.19. The van der Waals surface area contributed by atoms with Gasteiger partial charge in [0.15, 0.2) is 0 Å². The number of carboxylic acid groups (broad SMARTS) is 1. The van der Waals surface area contributed by atoms with Gasteiger partial charge in [0.2, 0.25) is 0 Å². The van der Waals surface area contributed by atoms with Crippen LogP contribution in [0.25, 0.3) is 0 Å². The second kappa shape index (κ2) is 10.1. The number of nitrogens with zero attached hydrogens (tertiary/aromatic N) is 2. The topological polar surface area (TPSA) is 106 Å². The van der Waals surface area contributed by atoms with E-state index in [9.17, 15) is 14.4 Å². The summed E-state index contributed by atoms with van der Waals surface area (Å²) >= 11 is 0. The van der Waals surface area contributed by atoms with Crippen LogP contribution in [0.2, 0.25) is 0 Å². The largest absolute Gasteiger partial charge is 0.481 e. The van der Waals surface area contributed by atoms with Gasteiger partial charge in [-0.05, 0) is 87.0 Å². The van der Waals surface area contributed by atoms with E-state index < -0.39 is 35.1 Å². The summed E-state index contributed by atoms with van der Waals surface area (Å²) in [5, 5.41) is 9.11. The second-order valence-electron chi connectivity index (χ2n) is 11.7. The van der Waals surface area contributed by atoms with E-state index in [0.29, 0.717) is 12.8 Å². The van der Waals surface area contributed by atoms with Gasteiger partial charge in [0.05, 0.1) is 12.6 Å². The minimum absolute atomic E-state index is 0.0888. The van der Waals surface area contributed by atoms with Crippen LogP contribution >= 0.6 is 0 Å². The molecule has 9 heteroatoms. The summed E-state index contributed by atoms with van der Waals surface area (Å²) < 4.78 is 17.2. The lowest BCUT2D eigenvalue weighted by molar-refractivity contribution is -0.138. The minimum Gasteiger partial charge on any atom is -0.481 e. The highest BCUT2D eigenvalue weighted by atomic mass is 16.6. The number of hydrogen-bond donors (Lipinski definition) is 1. The van der Waals surface area contributed by atoms with Gasteiger partial charge in [0.1, 0.15) is 16.9 Å². The van der Waals surface area contributed by atoms with Crippen molar-refractivity contribution in [2.24, 2.45) is 5.92 Å². The van der Waals surface area contributed by atoms with Crippen molar-refractivity contribution in [3.63, 3.8) is 0 Å². The molecular formula is C24H42N2O7. The number of carbonyl (C=O) groups excluding carboxylic acids is 2. The molecule has 2 fully saturated rings. The Kier molecular flexibility index (Phi) is 8.31. The van der Waals surface area contributed by atoms with E-state index in [1.165, 1.54) is 0 Å². The first-order valence-electron chi connectivity index (χ1n) is 11.9. The highest BCUT2D eigenvalue weighted by Crippen LogP contribution is 2.34. The zero-order valence-electron chi connectivity index (χ0n) is 21.5. The van der Waals surface area contributed by atoms with Gasteiger partial charge >= 0.3 is 18.2 Å². The lowest BCUT2D eigenvalue weighted by Crippen LogP contribution is -2.55. The zero-order chi connectivity index (χ0) is 25.2. The van der Waals surface area contributed by atoms with Crippen LogP contribution < -0.4 is 0 Å². The maximum absolute atomic E-state index is 13.2. The van der Waals surface area contributed by atoms with Crippen LogP contribution in [0.5, 0.6) is 0 Å². The molecule has 0 unspecified atom stereocenters. The second-order valence-corrected chi connectivity index (χ2v) is 11.7. The molecule has 0 bridgehead atoms. The first kappa shape index (κ1) is 27.2. The molecule has 1 heterocycles. The highest BCUT2D eigenvalue weighted by molar-refractivity contribution is 5.71. The average molecular weight is 471 g/mol. The number of ether oxygens (including phenoxy) is 3. The Morgan fingerprint density at radius 3 is 2.03 bits per heavy atom. The van der Waals surface area contributed by atoms with Crippen molar-refractivity contribution in [1.82, 2.24) is 9.80 Å². The maximum atomic E-state index is 13.2. The number of amides is 2. The molecule has 1 saturated carbocycles. The summed E-state index contributed by atoms with van der Waals surface area (Å²) in [6.45, 7) is 15.1. The number of hydrogen-bond acceptors (Lipinski definition) is 6. The number of rotatable bonds is 5. The first-order valence-corrected chi connectivity index (χ1v) is 11.9. The van der Waals surface area contributed by atoms with Gasteiger partial charge in [-0.2, -0.15) is 0 Å². The van der Waals surface area contributed by atoms with E-state index in [2.05, 4.69) is 0 Å². The zero-order valence-corrected chi connectivity index (χ0v) is 21.5. The molecule has 33 heavy (non-hydrogen) atoms. The molecule has 1 saturated heterocycles. The Morgan fingerprint density at radius 1 is 1.00 bits per heavy atom. The van der Waals surface area contributed by atoms with E-state index in [1.54, 1.807) is 9.80 Å². The van der Waals surface area contributed by atoms with Crippen molar-refractivity contribution in [2.45, 2.75) is 117 Å². The Bertz CT molecular complexity index is 715. The average Bonchev–Trinajstić information content (AvgIpc) is 2.91. The predicted octanol–water partition coefficient (Wildman–Crippen LogP) is 4.63. The molecule has 0 radical (unpaired) electrons. The van der Waals surface area contributed by atoms with Gasteiger partial charge < -0.3 is 24.2 Å². The number of carboxylic acids is 1. The molecule has 1 aliphatic carbocycles. The van der Waals surface area contributed by atoms with Gasteiger partial charge in [-0.15, -0.1) is 0 Å². The molecule has 1 atom stereocenters. The third kappa shape index (κ3) is 8.05. The van der Waals surface area contributed by atoms with E-state index in [-0.39, 0.29) is 37.6 Å². The van der Waals surface area contributed by atoms with Crippen LogP contribution in [0.3, 0.4) is 0 Å². The fourth-order valence-electron chi connectivity index (χ4n) is 4.53. The summed E-state index contributed by atoms with van der Waals surface area (Å²) in [4.78, 5) is 40.6. The maximum Gasteiger partial charge on any atom is 0.412 e. The normalized spacial score (nSPS) is 25.5. The lowest BCUT2D eigenvalue weighted by Gasteiger charge is -2.41. The summed E-state index contributed by atoms with van der Waals surface area (Å²) in [5.74, 6) is -0.674. The van der Waals surface area contributed by atoms with Crippen molar-refractivity contribution >= 4 is 18.2 Å². The first-order chi connectivity index (χ1) is 15.0. The van der Waals surface area contributed by atoms with Crippen LogP contribution in [0, 0.1) is 5.92 Å². The Hall–Kier alpha value is -2.03. The predicted molar refractivity (Wildman–Crippen MR) is 123 cm³/mol.